The number of anilines is 1. The van der Waals surface area contributed by atoms with Crippen molar-refractivity contribution >= 4 is 37.6 Å². The normalized spacial score (nSPS) is 15.0. The molecule has 1 aliphatic rings. The van der Waals surface area contributed by atoms with Crippen molar-refractivity contribution in [1.29, 1.82) is 0 Å². The van der Waals surface area contributed by atoms with Crippen LogP contribution in [-0.4, -0.2) is 20.5 Å². The molecule has 0 spiro atoms. The molecule has 0 unspecified atom stereocenters. The zero-order valence-corrected chi connectivity index (χ0v) is 15.7. The molecular weight excluding hydrogens is 316 g/mol. The number of fused-ring (bicyclic) bond motifs is 5. The third-order valence-corrected chi connectivity index (χ3v) is 5.72. The second-order valence-electron chi connectivity index (χ2n) is 7.63. The van der Waals surface area contributed by atoms with Gasteiger partial charge < -0.3 is 5.32 Å². The average molecular weight is 340 g/mol. The SMILES string of the molecule is CCc1nc2sc3c(NC(C)(C)C)ncnc3c2c2c1CCCC2. The number of pyridine rings is 1. The van der Waals surface area contributed by atoms with E-state index in [-0.39, 0.29) is 5.54 Å². The zero-order chi connectivity index (χ0) is 16.9. The number of hydrogen-bond donors (Lipinski definition) is 1. The molecule has 0 amide bonds. The molecule has 0 saturated carbocycles. The lowest BCUT2D eigenvalue weighted by Gasteiger charge is -2.21. The molecule has 0 saturated heterocycles. The van der Waals surface area contributed by atoms with Crippen LogP contribution in [0.15, 0.2) is 6.33 Å². The van der Waals surface area contributed by atoms with Crippen molar-refractivity contribution in [2.75, 3.05) is 5.32 Å². The summed E-state index contributed by atoms with van der Waals surface area (Å²) in [5, 5.41) is 4.80. The molecule has 3 aromatic heterocycles. The fraction of sp³-hybridized carbons (Fsp3) is 0.526. The van der Waals surface area contributed by atoms with Crippen LogP contribution in [0.4, 0.5) is 5.82 Å². The van der Waals surface area contributed by atoms with Crippen LogP contribution >= 0.6 is 11.3 Å². The minimum atomic E-state index is -0.0289. The maximum atomic E-state index is 5.00. The van der Waals surface area contributed by atoms with Gasteiger partial charge in [0, 0.05) is 16.6 Å². The van der Waals surface area contributed by atoms with Crippen LogP contribution in [0.2, 0.25) is 0 Å². The van der Waals surface area contributed by atoms with Crippen molar-refractivity contribution in [3.05, 3.63) is 23.1 Å². The molecular formula is C19H24N4S. The number of nitrogens with one attached hydrogen (secondary N) is 1. The van der Waals surface area contributed by atoms with E-state index in [2.05, 4.69) is 43.0 Å². The Bertz CT molecular complexity index is 921. The number of hydrogen-bond acceptors (Lipinski definition) is 5. The first-order valence-corrected chi connectivity index (χ1v) is 9.65. The molecule has 0 aliphatic heterocycles. The molecule has 24 heavy (non-hydrogen) atoms. The second-order valence-corrected chi connectivity index (χ2v) is 8.63. The maximum Gasteiger partial charge on any atom is 0.147 e. The van der Waals surface area contributed by atoms with E-state index in [0.717, 1.165) is 40.1 Å². The standard InChI is InChI=1S/C19H24N4S/c1-5-13-11-8-6-7-9-12(11)14-15-16(24-18(14)22-13)17(21-10-20-15)23-19(2,3)4/h10H,5-9H2,1-4H3,(H,20,21,23). The van der Waals surface area contributed by atoms with Gasteiger partial charge in [-0.2, -0.15) is 0 Å². The van der Waals surface area contributed by atoms with E-state index in [1.54, 1.807) is 17.7 Å². The Labute approximate surface area is 146 Å². The summed E-state index contributed by atoms with van der Waals surface area (Å²) in [4.78, 5) is 15.3. The monoisotopic (exact) mass is 340 g/mol. The number of aromatic nitrogens is 3. The Balaban J connectivity index is 2.03. The van der Waals surface area contributed by atoms with Crippen LogP contribution in [0.5, 0.6) is 0 Å². The third-order valence-electron chi connectivity index (χ3n) is 4.64. The molecule has 0 radical (unpaired) electrons. The third kappa shape index (κ3) is 2.55. The van der Waals surface area contributed by atoms with Crippen LogP contribution in [0.3, 0.4) is 0 Å². The van der Waals surface area contributed by atoms with Gasteiger partial charge in [0.2, 0.25) is 0 Å². The molecule has 1 aliphatic carbocycles. The zero-order valence-electron chi connectivity index (χ0n) is 14.9. The molecule has 0 aromatic carbocycles. The van der Waals surface area contributed by atoms with E-state index in [9.17, 15) is 0 Å². The topological polar surface area (TPSA) is 50.7 Å². The summed E-state index contributed by atoms with van der Waals surface area (Å²) in [5.41, 5.74) is 5.31. The molecule has 3 aromatic rings. The van der Waals surface area contributed by atoms with Crippen molar-refractivity contribution < 1.29 is 0 Å². The summed E-state index contributed by atoms with van der Waals surface area (Å²) in [6.45, 7) is 8.68. The van der Waals surface area contributed by atoms with Crippen LogP contribution in [0, 0.1) is 0 Å². The Morgan fingerprint density at radius 2 is 1.88 bits per heavy atom. The van der Waals surface area contributed by atoms with Crippen molar-refractivity contribution in [2.24, 2.45) is 0 Å². The summed E-state index contributed by atoms with van der Waals surface area (Å²) in [5.74, 6) is 0.929. The van der Waals surface area contributed by atoms with Gasteiger partial charge in [-0.05, 0) is 64.0 Å². The lowest BCUT2D eigenvalue weighted by molar-refractivity contribution is 0.631. The Hall–Kier alpha value is -1.75. The van der Waals surface area contributed by atoms with Crippen molar-refractivity contribution in [1.82, 2.24) is 15.0 Å². The Kier molecular flexibility index (Phi) is 3.71. The second kappa shape index (κ2) is 5.66. The maximum absolute atomic E-state index is 5.00. The molecule has 1 N–H and O–H groups in total. The van der Waals surface area contributed by atoms with Gasteiger partial charge in [-0.25, -0.2) is 15.0 Å². The molecule has 0 fully saturated rings. The van der Waals surface area contributed by atoms with Gasteiger partial charge >= 0.3 is 0 Å². The molecule has 126 valence electrons. The van der Waals surface area contributed by atoms with Crippen molar-refractivity contribution in [3.8, 4) is 0 Å². The summed E-state index contributed by atoms with van der Waals surface area (Å²) >= 11 is 1.73. The summed E-state index contributed by atoms with van der Waals surface area (Å²) in [7, 11) is 0. The highest BCUT2D eigenvalue weighted by atomic mass is 32.1. The first-order valence-electron chi connectivity index (χ1n) is 8.84. The minimum Gasteiger partial charge on any atom is -0.364 e. The highest BCUT2D eigenvalue weighted by Crippen LogP contribution is 2.41. The van der Waals surface area contributed by atoms with E-state index in [0.29, 0.717) is 0 Å². The molecule has 5 heteroatoms. The van der Waals surface area contributed by atoms with E-state index in [1.807, 2.05) is 0 Å². The van der Waals surface area contributed by atoms with E-state index in [1.165, 1.54) is 35.0 Å². The first-order chi connectivity index (χ1) is 11.5. The fourth-order valence-electron chi connectivity index (χ4n) is 3.67. The van der Waals surface area contributed by atoms with Gasteiger partial charge in [0.1, 0.15) is 17.0 Å². The number of aryl methyl sites for hydroxylation is 2. The average Bonchev–Trinajstić information content (AvgIpc) is 2.92. The van der Waals surface area contributed by atoms with E-state index in [4.69, 9.17) is 4.98 Å². The van der Waals surface area contributed by atoms with Gasteiger partial charge in [0.05, 0.1) is 10.2 Å². The predicted octanol–water partition coefficient (Wildman–Crippen LogP) is 4.89. The quantitative estimate of drug-likeness (QED) is 0.721. The van der Waals surface area contributed by atoms with Crippen LogP contribution in [0.25, 0.3) is 20.4 Å². The van der Waals surface area contributed by atoms with Crippen molar-refractivity contribution in [2.45, 2.75) is 65.3 Å². The lowest BCUT2D eigenvalue weighted by atomic mass is 9.88. The highest BCUT2D eigenvalue weighted by molar-refractivity contribution is 7.26. The summed E-state index contributed by atoms with van der Waals surface area (Å²) in [6, 6.07) is 0. The minimum absolute atomic E-state index is 0.0289. The number of nitrogens with zero attached hydrogens (tertiary/aromatic N) is 3. The summed E-state index contributed by atoms with van der Waals surface area (Å²) in [6.07, 6.45) is 7.55. The smallest absolute Gasteiger partial charge is 0.147 e. The molecule has 0 bridgehead atoms. The summed E-state index contributed by atoms with van der Waals surface area (Å²) < 4.78 is 1.14. The number of rotatable bonds is 2. The highest BCUT2D eigenvalue weighted by Gasteiger charge is 2.23. The van der Waals surface area contributed by atoms with Crippen LogP contribution in [0.1, 0.15) is 57.4 Å². The first kappa shape index (κ1) is 15.8. The molecule has 3 heterocycles. The largest absolute Gasteiger partial charge is 0.364 e. The van der Waals surface area contributed by atoms with Gasteiger partial charge in [-0.15, -0.1) is 11.3 Å². The van der Waals surface area contributed by atoms with Crippen LogP contribution < -0.4 is 5.32 Å². The van der Waals surface area contributed by atoms with Gasteiger partial charge in [0.25, 0.3) is 0 Å². The molecule has 4 nitrogen and oxygen atoms in total. The lowest BCUT2D eigenvalue weighted by Crippen LogP contribution is -2.26. The van der Waals surface area contributed by atoms with Crippen LogP contribution in [-0.2, 0) is 19.3 Å². The van der Waals surface area contributed by atoms with E-state index < -0.39 is 0 Å². The number of thiophene rings is 1. The molecule has 0 atom stereocenters. The van der Waals surface area contributed by atoms with E-state index >= 15 is 0 Å². The van der Waals surface area contributed by atoms with Gasteiger partial charge in [0.15, 0.2) is 0 Å². The van der Waals surface area contributed by atoms with Gasteiger partial charge in [-0.3, -0.25) is 0 Å². The fourth-order valence-corrected chi connectivity index (χ4v) is 4.80. The Morgan fingerprint density at radius 1 is 1.12 bits per heavy atom. The Morgan fingerprint density at radius 3 is 2.58 bits per heavy atom. The predicted molar refractivity (Wildman–Crippen MR) is 102 cm³/mol. The molecule has 4 rings (SSSR count). The van der Waals surface area contributed by atoms with Gasteiger partial charge in [-0.1, -0.05) is 6.92 Å². The van der Waals surface area contributed by atoms with Crippen molar-refractivity contribution in [3.63, 3.8) is 0 Å².